The number of nitrogens with one attached hydrogen (secondary N) is 1. The number of nitrogen functional groups attached to an aromatic ring is 1. The number of nitrogens with two attached hydrogens (primary N) is 1. The zero-order valence-electron chi connectivity index (χ0n) is 11.4. The van der Waals surface area contributed by atoms with Crippen molar-refractivity contribution in [2.24, 2.45) is 5.73 Å². The van der Waals surface area contributed by atoms with Crippen LogP contribution in [0.1, 0.15) is 17.5 Å². The molecule has 1 rings (SSSR count). The number of halogens is 3. The Kier molecular flexibility index (Phi) is 5.38. The second-order valence-electron chi connectivity index (χ2n) is 4.63. The lowest BCUT2D eigenvalue weighted by Gasteiger charge is -2.16. The van der Waals surface area contributed by atoms with E-state index in [1.807, 2.05) is 19.0 Å². The van der Waals surface area contributed by atoms with Gasteiger partial charge in [-0.15, -0.1) is 0 Å². The van der Waals surface area contributed by atoms with Crippen molar-refractivity contribution >= 4 is 5.84 Å². The summed E-state index contributed by atoms with van der Waals surface area (Å²) in [5.41, 5.74) is 4.32. The van der Waals surface area contributed by atoms with Crippen molar-refractivity contribution in [3.63, 3.8) is 0 Å². The summed E-state index contributed by atoms with van der Waals surface area (Å²) in [4.78, 5) is 1.92. The summed E-state index contributed by atoms with van der Waals surface area (Å²) in [5.74, 6) is -0.643. The van der Waals surface area contributed by atoms with Gasteiger partial charge in [0.25, 0.3) is 0 Å². The van der Waals surface area contributed by atoms with Crippen LogP contribution < -0.4 is 10.5 Å². The van der Waals surface area contributed by atoms with Gasteiger partial charge in [-0.1, -0.05) is 0 Å². The topological polar surface area (TPSA) is 62.3 Å². The maximum Gasteiger partial charge on any atom is 0.419 e. The van der Waals surface area contributed by atoms with Gasteiger partial charge in [-0.3, -0.25) is 5.41 Å². The minimum Gasteiger partial charge on any atom is -0.493 e. The molecule has 0 unspecified atom stereocenters. The Balaban J connectivity index is 2.87. The minimum atomic E-state index is -4.54. The van der Waals surface area contributed by atoms with E-state index in [1.165, 1.54) is 12.1 Å². The molecular weight excluding hydrogens is 271 g/mol. The van der Waals surface area contributed by atoms with E-state index in [0.29, 0.717) is 6.42 Å². The lowest BCUT2D eigenvalue weighted by molar-refractivity contribution is -0.139. The second kappa shape index (κ2) is 6.60. The van der Waals surface area contributed by atoms with Crippen LogP contribution in [0, 0.1) is 5.41 Å². The molecule has 0 spiro atoms. The first-order chi connectivity index (χ1) is 9.21. The number of nitrogens with zero attached hydrogens (tertiary/aromatic N) is 1. The van der Waals surface area contributed by atoms with E-state index in [0.717, 1.165) is 12.6 Å². The summed E-state index contributed by atoms with van der Waals surface area (Å²) in [6.45, 7) is 0.924. The molecule has 0 saturated carbocycles. The second-order valence-corrected chi connectivity index (χ2v) is 4.63. The monoisotopic (exact) mass is 289 g/mol. The smallest absolute Gasteiger partial charge is 0.419 e. The Bertz CT molecular complexity index is 472. The molecule has 0 aliphatic heterocycles. The zero-order valence-corrected chi connectivity index (χ0v) is 11.4. The molecule has 20 heavy (non-hydrogen) atoms. The summed E-state index contributed by atoms with van der Waals surface area (Å²) >= 11 is 0. The molecule has 3 N–H and O–H groups in total. The number of amidine groups is 1. The van der Waals surface area contributed by atoms with Crippen molar-refractivity contribution in [1.29, 1.82) is 5.41 Å². The molecule has 112 valence electrons. The molecule has 0 aliphatic carbocycles. The Hall–Kier alpha value is -1.76. The largest absolute Gasteiger partial charge is 0.493 e. The van der Waals surface area contributed by atoms with E-state index < -0.39 is 17.6 Å². The van der Waals surface area contributed by atoms with Gasteiger partial charge in [0.2, 0.25) is 0 Å². The van der Waals surface area contributed by atoms with Crippen molar-refractivity contribution in [3.8, 4) is 5.75 Å². The van der Waals surface area contributed by atoms with Gasteiger partial charge >= 0.3 is 6.18 Å². The van der Waals surface area contributed by atoms with E-state index in [4.69, 9.17) is 15.9 Å². The van der Waals surface area contributed by atoms with Crippen molar-refractivity contribution in [3.05, 3.63) is 29.3 Å². The number of hydrogen-bond acceptors (Lipinski definition) is 3. The maximum absolute atomic E-state index is 12.9. The van der Waals surface area contributed by atoms with Crippen LogP contribution in [0.15, 0.2) is 18.2 Å². The quantitative estimate of drug-likeness (QED) is 0.480. The van der Waals surface area contributed by atoms with Crippen LogP contribution in [0.4, 0.5) is 13.2 Å². The van der Waals surface area contributed by atoms with Gasteiger partial charge in [0, 0.05) is 12.1 Å². The molecule has 7 heteroatoms. The van der Waals surface area contributed by atoms with Crippen molar-refractivity contribution in [2.45, 2.75) is 12.6 Å². The molecule has 0 atom stereocenters. The molecule has 0 aliphatic rings. The summed E-state index contributed by atoms with van der Waals surface area (Å²) in [6, 6.07) is 3.39. The van der Waals surface area contributed by atoms with Gasteiger partial charge in [0.1, 0.15) is 11.6 Å². The standard InChI is InChI=1S/C13H18F3N3O/c1-19(2)6-3-7-20-11-5-4-9(12(17)18)8-10(11)13(14,15)16/h4-5,8H,3,6-7H2,1-2H3,(H3,17,18). The normalized spacial score (nSPS) is 11.7. The van der Waals surface area contributed by atoms with Crippen LogP contribution in [0.25, 0.3) is 0 Å². The van der Waals surface area contributed by atoms with Gasteiger partial charge in [-0.05, 0) is 38.7 Å². The molecule has 0 heterocycles. The summed E-state index contributed by atoms with van der Waals surface area (Å²) in [6.07, 6.45) is -3.92. The average Bonchev–Trinajstić information content (AvgIpc) is 2.33. The number of alkyl halides is 3. The lowest BCUT2D eigenvalue weighted by Crippen LogP contribution is -2.17. The third kappa shape index (κ3) is 4.73. The van der Waals surface area contributed by atoms with E-state index in [2.05, 4.69) is 0 Å². The Morgan fingerprint density at radius 1 is 1.35 bits per heavy atom. The first-order valence-corrected chi connectivity index (χ1v) is 6.05. The van der Waals surface area contributed by atoms with Crippen LogP contribution in [-0.2, 0) is 6.18 Å². The SMILES string of the molecule is CN(C)CCCOc1ccc(C(=N)N)cc1C(F)(F)F. The van der Waals surface area contributed by atoms with Crippen molar-refractivity contribution in [2.75, 3.05) is 27.2 Å². The fourth-order valence-electron chi connectivity index (χ4n) is 1.61. The summed E-state index contributed by atoms with van der Waals surface area (Å²) < 4.78 is 44.0. The highest BCUT2D eigenvalue weighted by atomic mass is 19.4. The van der Waals surface area contributed by atoms with Crippen LogP contribution in [0.5, 0.6) is 5.75 Å². The minimum absolute atomic E-state index is 0.0259. The first kappa shape index (κ1) is 16.3. The van der Waals surface area contributed by atoms with Crippen LogP contribution in [0.2, 0.25) is 0 Å². The van der Waals surface area contributed by atoms with Crippen LogP contribution >= 0.6 is 0 Å². The van der Waals surface area contributed by atoms with Crippen LogP contribution in [0.3, 0.4) is 0 Å². The number of benzene rings is 1. The molecule has 1 aromatic rings. The molecule has 0 aromatic heterocycles. The Labute approximate surface area is 115 Å². The number of ether oxygens (including phenoxy) is 1. The molecule has 1 aromatic carbocycles. The Morgan fingerprint density at radius 3 is 2.50 bits per heavy atom. The molecule has 0 fully saturated rings. The number of rotatable bonds is 6. The van der Waals surface area contributed by atoms with Gasteiger partial charge in [0.15, 0.2) is 0 Å². The van der Waals surface area contributed by atoms with Gasteiger partial charge in [0.05, 0.1) is 12.2 Å². The van der Waals surface area contributed by atoms with Gasteiger partial charge in [-0.2, -0.15) is 13.2 Å². The van der Waals surface area contributed by atoms with Crippen LogP contribution in [-0.4, -0.2) is 38.0 Å². The highest BCUT2D eigenvalue weighted by Crippen LogP contribution is 2.36. The van der Waals surface area contributed by atoms with Crippen molar-refractivity contribution < 1.29 is 17.9 Å². The maximum atomic E-state index is 12.9. The highest BCUT2D eigenvalue weighted by Gasteiger charge is 2.34. The van der Waals surface area contributed by atoms with Crippen molar-refractivity contribution in [1.82, 2.24) is 4.90 Å². The van der Waals surface area contributed by atoms with E-state index in [9.17, 15) is 13.2 Å². The molecule has 0 bridgehead atoms. The average molecular weight is 289 g/mol. The summed E-state index contributed by atoms with van der Waals surface area (Å²) in [7, 11) is 3.76. The van der Waals surface area contributed by atoms with Gasteiger partial charge < -0.3 is 15.4 Å². The van der Waals surface area contributed by atoms with Gasteiger partial charge in [-0.25, -0.2) is 0 Å². The summed E-state index contributed by atoms with van der Waals surface area (Å²) in [5, 5.41) is 7.19. The zero-order chi connectivity index (χ0) is 15.3. The Morgan fingerprint density at radius 2 is 2.00 bits per heavy atom. The third-order valence-corrected chi connectivity index (χ3v) is 2.60. The fourth-order valence-corrected chi connectivity index (χ4v) is 1.61. The first-order valence-electron chi connectivity index (χ1n) is 6.05. The molecule has 0 radical (unpaired) electrons. The molecule has 0 amide bonds. The lowest BCUT2D eigenvalue weighted by atomic mass is 10.1. The molecular formula is C13H18F3N3O. The predicted octanol–water partition coefficient (Wildman–Crippen LogP) is 2.32. The van der Waals surface area contributed by atoms with E-state index in [-0.39, 0.29) is 17.9 Å². The molecule has 0 saturated heterocycles. The predicted molar refractivity (Wildman–Crippen MR) is 71.1 cm³/mol. The number of hydrogen-bond donors (Lipinski definition) is 2. The molecule has 4 nitrogen and oxygen atoms in total. The fraction of sp³-hybridized carbons (Fsp3) is 0.462. The third-order valence-electron chi connectivity index (χ3n) is 2.60. The highest BCUT2D eigenvalue weighted by molar-refractivity contribution is 5.95. The van der Waals surface area contributed by atoms with E-state index in [1.54, 1.807) is 0 Å². The van der Waals surface area contributed by atoms with E-state index >= 15 is 0 Å².